The van der Waals surface area contributed by atoms with Crippen LogP contribution in [0.3, 0.4) is 0 Å². The van der Waals surface area contributed by atoms with Crippen molar-refractivity contribution in [1.82, 2.24) is 10.6 Å². The Morgan fingerprint density at radius 3 is 2.35 bits per heavy atom. The number of carbonyl (C=O) groups excluding carboxylic acids is 2. The molecule has 1 aliphatic rings. The van der Waals surface area contributed by atoms with Crippen LogP contribution in [-0.4, -0.2) is 28.8 Å². The van der Waals surface area contributed by atoms with E-state index in [-0.39, 0.29) is 22.1 Å². The molecule has 0 bridgehead atoms. The van der Waals surface area contributed by atoms with Crippen LogP contribution in [0.2, 0.25) is 10.0 Å². The van der Waals surface area contributed by atoms with Gasteiger partial charge >= 0.3 is 12.2 Å². The minimum Gasteiger partial charge on any atom is -0.459 e. The second-order valence-electron chi connectivity index (χ2n) is 7.52. The van der Waals surface area contributed by atoms with E-state index in [0.29, 0.717) is 10.6 Å². The first kappa shape index (κ1) is 24.1. The maximum Gasteiger partial charge on any atom is 0.437 e. The summed E-state index contributed by atoms with van der Waals surface area (Å²) < 4.78 is 60.9. The van der Waals surface area contributed by atoms with Crippen molar-refractivity contribution >= 4 is 35.0 Å². The SMILES string of the molecule is O=C1N[C@@H](c2ccc(-c3ccc(Cl)cc3Cl)o2)[C@H](C(=O)c2ccc(F)cc2)[C@](O)(C(F)(F)F)N1. The van der Waals surface area contributed by atoms with Crippen LogP contribution in [0.5, 0.6) is 0 Å². The Morgan fingerprint density at radius 1 is 1.06 bits per heavy atom. The zero-order valence-electron chi connectivity index (χ0n) is 16.8. The second kappa shape index (κ2) is 8.61. The summed E-state index contributed by atoms with van der Waals surface area (Å²) in [6, 6.07) is 7.69. The molecule has 0 unspecified atom stereocenters. The molecule has 0 radical (unpaired) electrons. The number of alkyl halides is 3. The number of carbonyl (C=O) groups is 2. The minimum atomic E-state index is -5.45. The summed E-state index contributed by atoms with van der Waals surface area (Å²) in [6.45, 7) is 0. The van der Waals surface area contributed by atoms with E-state index < -0.39 is 41.5 Å². The third-order valence-corrected chi connectivity index (χ3v) is 5.90. The molecule has 3 N–H and O–H groups in total. The highest BCUT2D eigenvalue weighted by Crippen LogP contribution is 2.45. The number of furan rings is 1. The monoisotopic (exact) mass is 516 g/mol. The van der Waals surface area contributed by atoms with Gasteiger partial charge in [-0.15, -0.1) is 0 Å². The lowest BCUT2D eigenvalue weighted by Gasteiger charge is -2.44. The Bertz CT molecular complexity index is 1260. The predicted molar refractivity (Wildman–Crippen MR) is 114 cm³/mol. The molecule has 1 aliphatic heterocycles. The fraction of sp³-hybridized carbons (Fsp3) is 0.182. The Morgan fingerprint density at radius 2 is 1.74 bits per heavy atom. The zero-order chi connectivity index (χ0) is 24.8. The van der Waals surface area contributed by atoms with Crippen LogP contribution in [0.25, 0.3) is 11.3 Å². The maximum absolute atomic E-state index is 14.0. The average molecular weight is 517 g/mol. The summed E-state index contributed by atoms with van der Waals surface area (Å²) in [4.78, 5) is 25.3. The number of Topliss-reactive ketones (excluding diaryl/α,β-unsaturated/α-hetero) is 1. The van der Waals surface area contributed by atoms with Crippen molar-refractivity contribution in [2.45, 2.75) is 17.9 Å². The summed E-state index contributed by atoms with van der Waals surface area (Å²) in [5.74, 6) is -4.38. The van der Waals surface area contributed by atoms with Gasteiger partial charge in [-0.05, 0) is 54.6 Å². The Kier molecular flexibility index (Phi) is 6.09. The summed E-state index contributed by atoms with van der Waals surface area (Å²) in [6.07, 6.45) is -5.45. The van der Waals surface area contributed by atoms with Crippen LogP contribution in [0.15, 0.2) is 59.0 Å². The van der Waals surface area contributed by atoms with Gasteiger partial charge < -0.3 is 20.2 Å². The standard InChI is InChI=1S/C22H14Cl2F4N2O4/c23-11-3-6-13(14(24)9-11)15-7-8-16(34-15)18-17(19(31)10-1-4-12(25)5-2-10)21(33,22(26,27)28)30-20(32)29-18/h1-9,17-18,33H,(H2,29,30,32)/t17-,18+,21+/m1/s1. The largest absolute Gasteiger partial charge is 0.459 e. The van der Waals surface area contributed by atoms with Crippen LogP contribution in [0, 0.1) is 11.7 Å². The molecule has 3 atom stereocenters. The molecule has 1 saturated heterocycles. The molecule has 2 heterocycles. The van der Waals surface area contributed by atoms with Gasteiger partial charge in [-0.2, -0.15) is 13.2 Å². The fourth-order valence-electron chi connectivity index (χ4n) is 3.72. The van der Waals surface area contributed by atoms with Crippen molar-refractivity contribution < 1.29 is 36.7 Å². The van der Waals surface area contributed by atoms with Gasteiger partial charge in [-0.1, -0.05) is 23.2 Å². The first-order chi connectivity index (χ1) is 15.9. The van der Waals surface area contributed by atoms with E-state index in [0.717, 1.165) is 24.3 Å². The van der Waals surface area contributed by atoms with Crippen LogP contribution < -0.4 is 10.6 Å². The summed E-state index contributed by atoms with van der Waals surface area (Å²) in [5.41, 5.74) is -3.91. The molecule has 12 heteroatoms. The third kappa shape index (κ3) is 4.24. The molecular weight excluding hydrogens is 503 g/mol. The number of hydrogen-bond acceptors (Lipinski definition) is 4. The quantitative estimate of drug-likeness (QED) is 0.315. The number of benzene rings is 2. The number of amides is 2. The van der Waals surface area contributed by atoms with Gasteiger partial charge in [0.1, 0.15) is 29.3 Å². The summed E-state index contributed by atoms with van der Waals surface area (Å²) in [5, 5.41) is 14.7. The van der Waals surface area contributed by atoms with Crippen molar-refractivity contribution in [3.05, 3.63) is 81.8 Å². The number of ketones is 1. The van der Waals surface area contributed by atoms with E-state index in [4.69, 9.17) is 27.6 Å². The highest BCUT2D eigenvalue weighted by molar-refractivity contribution is 6.36. The van der Waals surface area contributed by atoms with E-state index in [2.05, 4.69) is 5.32 Å². The predicted octanol–water partition coefficient (Wildman–Crippen LogP) is 5.50. The summed E-state index contributed by atoms with van der Waals surface area (Å²) >= 11 is 12.0. The van der Waals surface area contributed by atoms with Crippen molar-refractivity contribution in [3.63, 3.8) is 0 Å². The van der Waals surface area contributed by atoms with E-state index in [1.807, 2.05) is 0 Å². The number of hydrogen-bond donors (Lipinski definition) is 3. The van der Waals surface area contributed by atoms with Crippen LogP contribution in [-0.2, 0) is 0 Å². The van der Waals surface area contributed by atoms with Crippen LogP contribution in [0.4, 0.5) is 22.4 Å². The fourth-order valence-corrected chi connectivity index (χ4v) is 4.23. The number of halogens is 6. The van der Waals surface area contributed by atoms with Gasteiger partial charge in [-0.3, -0.25) is 4.79 Å². The molecule has 0 aliphatic carbocycles. The highest BCUT2D eigenvalue weighted by Gasteiger charge is 2.66. The lowest BCUT2D eigenvalue weighted by molar-refractivity contribution is -0.288. The van der Waals surface area contributed by atoms with Crippen LogP contribution >= 0.6 is 23.2 Å². The first-order valence-corrected chi connectivity index (χ1v) is 10.4. The van der Waals surface area contributed by atoms with E-state index in [1.54, 1.807) is 0 Å². The molecule has 0 saturated carbocycles. The molecule has 34 heavy (non-hydrogen) atoms. The lowest BCUT2D eigenvalue weighted by atomic mass is 9.79. The molecule has 1 aromatic heterocycles. The third-order valence-electron chi connectivity index (χ3n) is 5.35. The minimum absolute atomic E-state index is 0.118. The van der Waals surface area contributed by atoms with Crippen molar-refractivity contribution in [2.75, 3.05) is 0 Å². The van der Waals surface area contributed by atoms with Gasteiger partial charge in [0.05, 0.1) is 5.02 Å². The van der Waals surface area contributed by atoms with Crippen molar-refractivity contribution in [2.24, 2.45) is 5.92 Å². The molecule has 2 amide bonds. The molecule has 4 rings (SSSR count). The van der Waals surface area contributed by atoms with Gasteiger partial charge in [0.25, 0.3) is 0 Å². The molecular formula is C22H14Cl2F4N2O4. The van der Waals surface area contributed by atoms with E-state index >= 15 is 0 Å². The topological polar surface area (TPSA) is 91.6 Å². The second-order valence-corrected chi connectivity index (χ2v) is 8.36. The first-order valence-electron chi connectivity index (χ1n) is 9.63. The normalized spacial score (nSPS) is 22.7. The summed E-state index contributed by atoms with van der Waals surface area (Å²) in [7, 11) is 0. The zero-order valence-corrected chi connectivity index (χ0v) is 18.3. The van der Waals surface area contributed by atoms with Crippen molar-refractivity contribution in [3.8, 4) is 11.3 Å². The number of urea groups is 1. The molecule has 0 spiro atoms. The molecule has 2 aromatic carbocycles. The van der Waals surface area contributed by atoms with Gasteiger partial charge in [0.2, 0.25) is 5.72 Å². The van der Waals surface area contributed by atoms with Crippen molar-refractivity contribution in [1.29, 1.82) is 0 Å². The van der Waals surface area contributed by atoms with Gasteiger partial charge in [0, 0.05) is 16.1 Å². The number of aliphatic hydroxyl groups is 1. The smallest absolute Gasteiger partial charge is 0.437 e. The Labute approximate surface area is 199 Å². The van der Waals surface area contributed by atoms with Gasteiger partial charge in [0.15, 0.2) is 5.78 Å². The Hall–Kier alpha value is -3.08. The Balaban J connectivity index is 1.82. The lowest BCUT2D eigenvalue weighted by Crippen LogP contribution is -2.72. The van der Waals surface area contributed by atoms with E-state index in [9.17, 15) is 32.3 Å². The van der Waals surface area contributed by atoms with E-state index in [1.165, 1.54) is 35.6 Å². The average Bonchev–Trinajstić information content (AvgIpc) is 3.22. The molecule has 6 nitrogen and oxygen atoms in total. The van der Waals surface area contributed by atoms with Gasteiger partial charge in [-0.25, -0.2) is 9.18 Å². The highest BCUT2D eigenvalue weighted by atomic mass is 35.5. The number of rotatable bonds is 4. The number of nitrogens with one attached hydrogen (secondary N) is 2. The molecule has 178 valence electrons. The van der Waals surface area contributed by atoms with Crippen LogP contribution in [0.1, 0.15) is 22.2 Å². The maximum atomic E-state index is 14.0. The molecule has 1 fully saturated rings. The molecule has 3 aromatic rings.